The van der Waals surface area contributed by atoms with Gasteiger partial charge in [-0.3, -0.25) is 4.79 Å². The van der Waals surface area contributed by atoms with Gasteiger partial charge in [0.25, 0.3) is 5.91 Å². The fourth-order valence-corrected chi connectivity index (χ4v) is 5.70. The highest BCUT2D eigenvalue weighted by atomic mass is 35.5. The van der Waals surface area contributed by atoms with Gasteiger partial charge >= 0.3 is 0 Å². The zero-order valence-corrected chi connectivity index (χ0v) is 24.7. The Labute approximate surface area is 260 Å². The quantitative estimate of drug-likeness (QED) is 0.219. The summed E-state index contributed by atoms with van der Waals surface area (Å²) in [6, 6.07) is 9.95. The molecule has 2 aromatic heterocycles. The predicted octanol–water partition coefficient (Wildman–Crippen LogP) is 4.79. The Hall–Kier alpha value is -3.11. The number of ether oxygens (including phenoxy) is 3. The smallest absolute Gasteiger partial charge is 0.251 e. The highest BCUT2D eigenvalue weighted by molar-refractivity contribution is 6.35. The summed E-state index contributed by atoms with van der Waals surface area (Å²) in [7, 11) is 0. The number of fused-ring (bicyclic) bond motifs is 1. The van der Waals surface area contributed by atoms with Crippen LogP contribution in [0.15, 0.2) is 48.9 Å². The summed E-state index contributed by atoms with van der Waals surface area (Å²) in [5.41, 5.74) is 11.0. The van der Waals surface area contributed by atoms with Crippen molar-refractivity contribution in [3.8, 4) is 12.3 Å². The van der Waals surface area contributed by atoms with Crippen molar-refractivity contribution >= 4 is 69.2 Å². The van der Waals surface area contributed by atoms with Gasteiger partial charge in [-0.05, 0) is 35.4 Å². The lowest BCUT2D eigenvalue weighted by Gasteiger charge is -2.29. The second kappa shape index (κ2) is 12.2. The lowest BCUT2D eigenvalue weighted by atomic mass is 9.94. The maximum atomic E-state index is 12.3. The summed E-state index contributed by atoms with van der Waals surface area (Å²) in [4.78, 5) is 20.5. The van der Waals surface area contributed by atoms with Gasteiger partial charge in [-0.25, -0.2) is 9.97 Å². The fraction of sp³-hybridized carbons (Fsp3) is 0.250. The first kappa shape index (κ1) is 30.4. The second-order valence-corrected chi connectivity index (χ2v) is 11.2. The van der Waals surface area contributed by atoms with Gasteiger partial charge in [0, 0.05) is 26.3 Å². The first-order chi connectivity index (χ1) is 20.0. The molecular weight excluding hydrogens is 628 g/mol. The number of carbonyl (C=O) groups excluding carboxylic acids is 1. The maximum Gasteiger partial charge on any atom is 0.251 e. The first-order valence-electron chi connectivity index (χ1n) is 12.4. The van der Waals surface area contributed by atoms with Gasteiger partial charge < -0.3 is 35.4 Å². The molecule has 4 atom stereocenters. The summed E-state index contributed by atoms with van der Waals surface area (Å²) >= 11 is 24.7. The van der Waals surface area contributed by atoms with Crippen molar-refractivity contribution in [1.82, 2.24) is 14.5 Å². The molecule has 14 heteroatoms. The molecule has 1 aliphatic rings. The van der Waals surface area contributed by atoms with Crippen molar-refractivity contribution < 1.29 is 24.1 Å². The van der Waals surface area contributed by atoms with Crippen molar-refractivity contribution in [2.45, 2.75) is 37.3 Å². The first-order valence-corrected chi connectivity index (χ1v) is 13.9. The zero-order valence-electron chi connectivity index (χ0n) is 21.6. The molecule has 0 spiro atoms. The number of aromatic nitrogens is 3. The molecule has 5 N–H and O–H groups in total. The number of nitrogens with zero attached hydrogens (tertiary/aromatic N) is 3. The second-order valence-electron chi connectivity index (χ2n) is 9.49. The highest BCUT2D eigenvalue weighted by Gasteiger charge is 2.57. The molecule has 5 rings (SSSR count). The number of hydrogen-bond donors (Lipinski definition) is 3. The van der Waals surface area contributed by atoms with Crippen LogP contribution in [0.2, 0.25) is 20.1 Å². The lowest BCUT2D eigenvalue weighted by molar-refractivity contribution is -0.0897. The van der Waals surface area contributed by atoms with Gasteiger partial charge in [0.05, 0.1) is 30.8 Å². The summed E-state index contributed by atoms with van der Waals surface area (Å²) in [5.74, 6) is 1.65. The van der Waals surface area contributed by atoms with E-state index >= 15 is 0 Å². The Balaban J connectivity index is 1.50. The van der Waals surface area contributed by atoms with Crippen molar-refractivity contribution in [1.29, 1.82) is 0 Å². The number of amides is 1. The van der Waals surface area contributed by atoms with Crippen molar-refractivity contribution in [2.24, 2.45) is 5.73 Å². The van der Waals surface area contributed by atoms with Crippen LogP contribution in [0.5, 0.6) is 0 Å². The largest absolute Gasteiger partial charge is 0.383 e. The van der Waals surface area contributed by atoms with E-state index in [1.54, 1.807) is 36.4 Å². The van der Waals surface area contributed by atoms with E-state index < -0.39 is 29.9 Å². The molecule has 218 valence electrons. The van der Waals surface area contributed by atoms with E-state index in [-0.39, 0.29) is 42.2 Å². The van der Waals surface area contributed by atoms with Crippen LogP contribution in [0.4, 0.5) is 5.82 Å². The van der Waals surface area contributed by atoms with Crippen LogP contribution in [0, 0.1) is 12.3 Å². The van der Waals surface area contributed by atoms with E-state index in [1.165, 1.54) is 17.1 Å². The number of halogens is 4. The average Bonchev–Trinajstić information content (AvgIpc) is 3.46. The molecule has 1 saturated heterocycles. The molecule has 42 heavy (non-hydrogen) atoms. The molecule has 1 aliphatic heterocycles. The van der Waals surface area contributed by atoms with Gasteiger partial charge in [0.1, 0.15) is 30.0 Å². The minimum absolute atomic E-state index is 0.0136. The normalized spacial score (nSPS) is 22.0. The topological polar surface area (TPSA) is 148 Å². The number of terminal acetylenes is 1. The Kier molecular flexibility index (Phi) is 8.85. The molecule has 0 aliphatic carbocycles. The molecule has 0 radical (unpaired) electrons. The third kappa shape index (κ3) is 5.75. The van der Waals surface area contributed by atoms with E-state index in [0.29, 0.717) is 31.2 Å². The summed E-state index contributed by atoms with van der Waals surface area (Å²) in [6.45, 7) is -0.0153. The number of aliphatic hydroxyl groups is 1. The van der Waals surface area contributed by atoms with Crippen LogP contribution >= 0.6 is 46.4 Å². The van der Waals surface area contributed by atoms with E-state index in [2.05, 4.69) is 15.9 Å². The van der Waals surface area contributed by atoms with Gasteiger partial charge in [-0.15, -0.1) is 6.42 Å². The van der Waals surface area contributed by atoms with E-state index in [9.17, 15) is 9.90 Å². The van der Waals surface area contributed by atoms with E-state index in [1.807, 2.05) is 0 Å². The van der Waals surface area contributed by atoms with Crippen molar-refractivity contribution in [3.63, 3.8) is 0 Å². The molecule has 0 bridgehead atoms. The number of nitrogens with two attached hydrogens (primary N) is 2. The summed E-state index contributed by atoms with van der Waals surface area (Å²) < 4.78 is 19.8. The minimum Gasteiger partial charge on any atom is -0.383 e. The third-order valence-electron chi connectivity index (χ3n) is 6.83. The minimum atomic E-state index is -2.09. The summed E-state index contributed by atoms with van der Waals surface area (Å²) in [5, 5.41) is 13.9. The highest BCUT2D eigenvalue weighted by Crippen LogP contribution is 2.43. The van der Waals surface area contributed by atoms with E-state index in [0.717, 1.165) is 0 Å². The van der Waals surface area contributed by atoms with Gasteiger partial charge in [0.2, 0.25) is 0 Å². The number of anilines is 1. The summed E-state index contributed by atoms with van der Waals surface area (Å²) in [6.07, 6.45) is 5.13. The lowest BCUT2D eigenvalue weighted by Crippen LogP contribution is -2.47. The average molecular weight is 651 g/mol. The SMILES string of the molecule is C#C[C@@]1(O)[C@H](OCc2ccc(Cl)cc2Cl)[C@@H](COCc2ccc(Cl)cc2Cl)O[C@H]1n1cc(C(N)=O)c2c(N)ncnc21. The van der Waals surface area contributed by atoms with Crippen molar-refractivity contribution in [3.05, 3.63) is 85.7 Å². The predicted molar refractivity (Wildman–Crippen MR) is 159 cm³/mol. The van der Waals surface area contributed by atoms with Crippen LogP contribution in [-0.4, -0.2) is 50.0 Å². The van der Waals surface area contributed by atoms with Crippen LogP contribution in [0.25, 0.3) is 11.0 Å². The molecule has 4 aromatic rings. The number of hydrogen-bond acceptors (Lipinski definition) is 8. The fourth-order valence-electron chi connectivity index (χ4n) is 4.77. The third-order valence-corrected chi connectivity index (χ3v) is 8.00. The van der Waals surface area contributed by atoms with Crippen LogP contribution in [0.1, 0.15) is 27.7 Å². The molecular formula is C28H23Cl4N5O5. The molecule has 1 amide bonds. The van der Waals surface area contributed by atoms with Gasteiger partial charge in [-0.2, -0.15) is 0 Å². The standard InChI is InChI=1S/C28H23Cl4N5O5/c1-2-28(39)23(41-11-15-4-6-17(30)8-20(15)32)21(12-40-10-14-3-5-16(29)7-19(14)31)42-27(28)37-9-18(25(34)38)22-24(33)35-13-36-26(22)37/h1,3-9,13,21,23,27,39H,10-12H2,(H2,34,38)(H2,33,35,36)/t21-,23-,27-,28-/m1/s1. The zero-order chi connectivity index (χ0) is 30.2. The molecule has 0 saturated carbocycles. The molecule has 2 aromatic carbocycles. The van der Waals surface area contributed by atoms with Crippen LogP contribution in [-0.2, 0) is 27.4 Å². The Bertz CT molecular complexity index is 1710. The number of primary amides is 1. The van der Waals surface area contributed by atoms with Gasteiger partial charge in [0.15, 0.2) is 11.8 Å². The molecule has 0 unspecified atom stereocenters. The van der Waals surface area contributed by atoms with Crippen LogP contribution in [0.3, 0.4) is 0 Å². The maximum absolute atomic E-state index is 12.3. The number of benzene rings is 2. The Morgan fingerprint density at radius 1 is 1.10 bits per heavy atom. The van der Waals surface area contributed by atoms with Crippen molar-refractivity contribution in [2.75, 3.05) is 12.3 Å². The van der Waals surface area contributed by atoms with Gasteiger partial charge in [-0.1, -0.05) is 64.5 Å². The molecule has 3 heterocycles. The monoisotopic (exact) mass is 649 g/mol. The number of nitrogen functional groups attached to an aromatic ring is 1. The molecule has 1 fully saturated rings. The Morgan fingerprint density at radius 2 is 1.74 bits per heavy atom. The molecule has 10 nitrogen and oxygen atoms in total. The van der Waals surface area contributed by atoms with E-state index in [4.69, 9.17) is 78.5 Å². The number of rotatable bonds is 9. The number of carbonyl (C=O) groups is 1. The Morgan fingerprint density at radius 3 is 2.33 bits per heavy atom. The van der Waals surface area contributed by atoms with Crippen LogP contribution < -0.4 is 11.5 Å².